The number of hydrogen-bond acceptors (Lipinski definition) is 4. The van der Waals surface area contributed by atoms with Crippen molar-refractivity contribution >= 4 is 76.4 Å². The summed E-state index contributed by atoms with van der Waals surface area (Å²) in [7, 11) is 0. The first kappa shape index (κ1) is 27.7. The highest BCUT2D eigenvalue weighted by Crippen LogP contribution is 2.36. The fourth-order valence-corrected chi connectivity index (χ4v) is 5.93. The lowest BCUT2D eigenvalue weighted by molar-refractivity contribution is 1.06. The van der Waals surface area contributed by atoms with E-state index in [0.717, 1.165) is 41.4 Å². The summed E-state index contributed by atoms with van der Waals surface area (Å²) in [6.45, 7) is 0. The SMILES string of the molecule is Brc1ccc2c(c1)-c1cccnc1C2.Brc1ccc2c(c1)c1cccnc1n2-c1ccccn1.Ic1ccccn1. The predicted octanol–water partition coefficient (Wildman–Crippen LogP) is 9.44. The van der Waals surface area contributed by atoms with Crippen LogP contribution in [0.5, 0.6) is 0 Å². The fraction of sp³-hybridized carbons (Fsp3) is 0.0303. The molecule has 200 valence electrons. The number of nitrogens with zero attached hydrogens (tertiary/aromatic N) is 5. The highest BCUT2D eigenvalue weighted by Gasteiger charge is 2.18. The summed E-state index contributed by atoms with van der Waals surface area (Å²) in [5.41, 5.74) is 7.22. The Morgan fingerprint density at radius 3 is 2.10 bits per heavy atom. The van der Waals surface area contributed by atoms with Crippen molar-refractivity contribution in [3.8, 4) is 16.9 Å². The van der Waals surface area contributed by atoms with Crippen molar-refractivity contribution in [3.63, 3.8) is 0 Å². The van der Waals surface area contributed by atoms with Crippen molar-refractivity contribution in [2.75, 3.05) is 0 Å². The molecule has 0 radical (unpaired) electrons. The Morgan fingerprint density at radius 1 is 0.610 bits per heavy atom. The highest BCUT2D eigenvalue weighted by molar-refractivity contribution is 14.1. The first-order valence-electron chi connectivity index (χ1n) is 12.8. The molecule has 0 spiro atoms. The number of pyridine rings is 4. The first-order valence-corrected chi connectivity index (χ1v) is 15.5. The normalized spacial score (nSPS) is 11.2. The summed E-state index contributed by atoms with van der Waals surface area (Å²) in [6, 6.07) is 32.6. The van der Waals surface area contributed by atoms with Crippen LogP contribution in [0.25, 0.3) is 38.9 Å². The fourth-order valence-electron chi connectivity index (χ4n) is 4.84. The maximum absolute atomic E-state index is 4.53. The molecule has 0 amide bonds. The lowest BCUT2D eigenvalue weighted by atomic mass is 10.1. The summed E-state index contributed by atoms with van der Waals surface area (Å²) in [6.07, 6.45) is 8.23. The lowest BCUT2D eigenvalue weighted by Gasteiger charge is -2.04. The third kappa shape index (κ3) is 6.10. The van der Waals surface area contributed by atoms with Gasteiger partial charge in [0.2, 0.25) is 0 Å². The molecule has 0 bridgehead atoms. The second kappa shape index (κ2) is 12.6. The largest absolute Gasteiger partial charge is 0.278 e. The molecule has 0 atom stereocenters. The Kier molecular flexibility index (Phi) is 8.50. The van der Waals surface area contributed by atoms with Crippen LogP contribution in [0.15, 0.2) is 131 Å². The topological polar surface area (TPSA) is 56.5 Å². The Bertz CT molecular complexity index is 1960. The molecule has 2 aromatic carbocycles. The zero-order valence-corrected chi connectivity index (χ0v) is 27.0. The Balaban J connectivity index is 0.000000124. The van der Waals surface area contributed by atoms with E-state index >= 15 is 0 Å². The number of rotatable bonds is 1. The predicted molar refractivity (Wildman–Crippen MR) is 181 cm³/mol. The minimum atomic E-state index is 0.883. The lowest BCUT2D eigenvalue weighted by Crippen LogP contribution is -1.97. The van der Waals surface area contributed by atoms with Gasteiger partial charge in [-0.3, -0.25) is 14.5 Å². The Hall–Kier alpha value is -3.47. The molecule has 8 heteroatoms. The molecule has 5 heterocycles. The van der Waals surface area contributed by atoms with Gasteiger partial charge in [0, 0.05) is 56.5 Å². The zero-order chi connectivity index (χ0) is 28.2. The molecule has 0 N–H and O–H groups in total. The van der Waals surface area contributed by atoms with E-state index < -0.39 is 0 Å². The summed E-state index contributed by atoms with van der Waals surface area (Å²) in [5, 5.41) is 2.31. The molecule has 0 saturated carbocycles. The number of benzene rings is 2. The third-order valence-electron chi connectivity index (χ3n) is 6.61. The van der Waals surface area contributed by atoms with Crippen molar-refractivity contribution in [2.24, 2.45) is 0 Å². The molecular weight excluding hydrogens is 753 g/mol. The van der Waals surface area contributed by atoms with Crippen LogP contribution in [0, 0.1) is 3.70 Å². The highest BCUT2D eigenvalue weighted by atomic mass is 127. The van der Waals surface area contributed by atoms with Gasteiger partial charge in [0.15, 0.2) is 0 Å². The van der Waals surface area contributed by atoms with E-state index in [0.29, 0.717) is 0 Å². The summed E-state index contributed by atoms with van der Waals surface area (Å²) >= 11 is 9.20. The van der Waals surface area contributed by atoms with Crippen LogP contribution in [0.4, 0.5) is 0 Å². The minimum absolute atomic E-state index is 0.883. The van der Waals surface area contributed by atoms with Crippen LogP contribution in [-0.4, -0.2) is 24.5 Å². The van der Waals surface area contributed by atoms with Crippen molar-refractivity contribution < 1.29 is 0 Å². The van der Waals surface area contributed by atoms with Gasteiger partial charge < -0.3 is 0 Å². The molecule has 7 aromatic rings. The van der Waals surface area contributed by atoms with Gasteiger partial charge in [0.1, 0.15) is 15.2 Å². The third-order valence-corrected chi connectivity index (χ3v) is 8.23. The van der Waals surface area contributed by atoms with Crippen LogP contribution in [0.3, 0.4) is 0 Å². The van der Waals surface area contributed by atoms with Crippen molar-refractivity contribution in [2.45, 2.75) is 6.42 Å². The van der Waals surface area contributed by atoms with Gasteiger partial charge in [-0.2, -0.15) is 0 Å². The molecule has 0 saturated heterocycles. The van der Waals surface area contributed by atoms with Crippen LogP contribution >= 0.6 is 54.5 Å². The molecule has 8 rings (SSSR count). The molecular formula is C33H22Br2IN5. The molecule has 0 fully saturated rings. The maximum Gasteiger partial charge on any atom is 0.146 e. The van der Waals surface area contributed by atoms with E-state index in [1.54, 1.807) is 12.4 Å². The molecule has 41 heavy (non-hydrogen) atoms. The van der Waals surface area contributed by atoms with E-state index in [1.165, 1.54) is 27.8 Å². The van der Waals surface area contributed by atoms with Crippen LogP contribution in [-0.2, 0) is 6.42 Å². The van der Waals surface area contributed by atoms with E-state index in [2.05, 4.69) is 121 Å². The van der Waals surface area contributed by atoms with E-state index in [1.807, 2.05) is 67.0 Å². The number of aromatic nitrogens is 5. The van der Waals surface area contributed by atoms with E-state index in [4.69, 9.17) is 0 Å². The smallest absolute Gasteiger partial charge is 0.146 e. The van der Waals surface area contributed by atoms with Gasteiger partial charge >= 0.3 is 0 Å². The second-order valence-corrected chi connectivity index (χ2v) is 12.1. The standard InChI is InChI=1S/C16H10BrN3.C12H8BrN.C5H4IN/c17-11-6-7-14-13(10-11)12-4-3-9-19-16(12)20(14)15-5-1-2-8-18-15;13-9-4-3-8-6-12-10(11(8)7-9)2-1-5-14-12;6-5-3-1-2-4-7-5/h1-10H;1-5,7H,6H2;1-4H. The van der Waals surface area contributed by atoms with Gasteiger partial charge in [-0.15, -0.1) is 0 Å². The van der Waals surface area contributed by atoms with Crippen molar-refractivity contribution in [1.29, 1.82) is 0 Å². The van der Waals surface area contributed by atoms with Gasteiger partial charge in [0.25, 0.3) is 0 Å². The molecule has 5 aromatic heterocycles. The minimum Gasteiger partial charge on any atom is -0.278 e. The first-order chi connectivity index (χ1) is 20.1. The zero-order valence-electron chi connectivity index (χ0n) is 21.6. The average molecular weight is 775 g/mol. The quantitative estimate of drug-likeness (QED) is 0.123. The van der Waals surface area contributed by atoms with E-state index in [9.17, 15) is 0 Å². The van der Waals surface area contributed by atoms with Crippen molar-refractivity contribution in [3.05, 3.63) is 146 Å². The summed E-state index contributed by atoms with van der Waals surface area (Å²) < 4.78 is 5.33. The number of halogens is 3. The monoisotopic (exact) mass is 773 g/mol. The van der Waals surface area contributed by atoms with Gasteiger partial charge in [-0.1, -0.05) is 56.1 Å². The Labute approximate surface area is 268 Å². The van der Waals surface area contributed by atoms with Gasteiger partial charge in [0.05, 0.1) is 11.2 Å². The second-order valence-electron chi connectivity index (χ2n) is 9.19. The Morgan fingerprint density at radius 2 is 1.34 bits per heavy atom. The van der Waals surface area contributed by atoms with Crippen molar-refractivity contribution in [1.82, 2.24) is 24.5 Å². The average Bonchev–Trinajstić information content (AvgIpc) is 3.54. The molecule has 1 aliphatic rings. The van der Waals surface area contributed by atoms with Crippen LogP contribution < -0.4 is 0 Å². The molecule has 0 unspecified atom stereocenters. The van der Waals surface area contributed by atoms with Gasteiger partial charge in [-0.25, -0.2) is 9.97 Å². The van der Waals surface area contributed by atoms with Crippen LogP contribution in [0.1, 0.15) is 11.3 Å². The van der Waals surface area contributed by atoms with Gasteiger partial charge in [-0.05, 0) is 107 Å². The molecule has 1 aliphatic carbocycles. The van der Waals surface area contributed by atoms with E-state index in [-0.39, 0.29) is 0 Å². The molecule has 0 aliphatic heterocycles. The molecule has 5 nitrogen and oxygen atoms in total. The number of hydrogen-bond donors (Lipinski definition) is 0. The summed E-state index contributed by atoms with van der Waals surface area (Å²) in [4.78, 5) is 17.3. The summed E-state index contributed by atoms with van der Waals surface area (Å²) in [5.74, 6) is 0.883. The van der Waals surface area contributed by atoms with Crippen LogP contribution in [0.2, 0.25) is 0 Å². The maximum atomic E-state index is 4.53. The number of fused-ring (bicyclic) bond motifs is 6.